The van der Waals surface area contributed by atoms with Crippen molar-refractivity contribution in [1.82, 2.24) is 0 Å². The highest BCUT2D eigenvalue weighted by atomic mass is 16.5. The van der Waals surface area contributed by atoms with Crippen molar-refractivity contribution in [3.05, 3.63) is 23.8 Å². The molecule has 5 heteroatoms. The predicted molar refractivity (Wildman–Crippen MR) is 61.4 cm³/mol. The van der Waals surface area contributed by atoms with Crippen molar-refractivity contribution in [2.75, 3.05) is 27.4 Å². The molecule has 1 aromatic carbocycles. The average Bonchev–Trinajstić information content (AvgIpc) is 2.29. The molecule has 5 nitrogen and oxygen atoms in total. The number of rotatable bonds is 6. The molecule has 0 saturated carbocycles. The number of hydrogen-bond acceptors (Lipinski definition) is 4. The molecule has 0 spiro atoms. The summed E-state index contributed by atoms with van der Waals surface area (Å²) in [5, 5.41) is 7.36. The Hall–Kier alpha value is -1.75. The molecule has 16 heavy (non-hydrogen) atoms. The minimum Gasteiger partial charge on any atom is -0.497 e. The summed E-state index contributed by atoms with van der Waals surface area (Å²) in [6, 6.07) is 5.12. The molecule has 1 aromatic rings. The fraction of sp³-hybridized carbons (Fsp3) is 0.364. The molecule has 3 N–H and O–H groups in total. The molecule has 1 rings (SSSR count). The zero-order valence-corrected chi connectivity index (χ0v) is 9.45. The van der Waals surface area contributed by atoms with Crippen LogP contribution in [0.3, 0.4) is 0 Å². The van der Waals surface area contributed by atoms with Gasteiger partial charge in [-0.25, -0.2) is 0 Å². The van der Waals surface area contributed by atoms with Crippen molar-refractivity contribution in [3.63, 3.8) is 0 Å². The van der Waals surface area contributed by atoms with Gasteiger partial charge >= 0.3 is 0 Å². The molecule has 0 bridgehead atoms. The van der Waals surface area contributed by atoms with E-state index in [1.165, 1.54) is 0 Å². The molecule has 0 saturated heterocycles. The lowest BCUT2D eigenvalue weighted by Gasteiger charge is -2.09. The average molecular weight is 224 g/mol. The van der Waals surface area contributed by atoms with Gasteiger partial charge in [-0.15, -0.1) is 0 Å². The fourth-order valence-electron chi connectivity index (χ4n) is 1.17. The SMILES string of the molecule is COCCOc1cc(OC)cc(C(=N)N)c1. The largest absolute Gasteiger partial charge is 0.497 e. The molecule has 0 radical (unpaired) electrons. The van der Waals surface area contributed by atoms with Crippen LogP contribution >= 0.6 is 0 Å². The molecule has 0 atom stereocenters. The molecule has 0 aliphatic carbocycles. The summed E-state index contributed by atoms with van der Waals surface area (Å²) in [4.78, 5) is 0. The summed E-state index contributed by atoms with van der Waals surface area (Å²) in [6.45, 7) is 0.952. The highest BCUT2D eigenvalue weighted by molar-refractivity contribution is 5.95. The van der Waals surface area contributed by atoms with Crippen molar-refractivity contribution in [2.45, 2.75) is 0 Å². The van der Waals surface area contributed by atoms with Gasteiger partial charge in [-0.2, -0.15) is 0 Å². The van der Waals surface area contributed by atoms with Crippen LogP contribution in [0.4, 0.5) is 0 Å². The maximum atomic E-state index is 7.36. The maximum absolute atomic E-state index is 7.36. The Morgan fingerprint density at radius 1 is 1.19 bits per heavy atom. The molecule has 0 amide bonds. The molecule has 0 aliphatic heterocycles. The Kier molecular flexibility index (Phi) is 4.60. The zero-order valence-electron chi connectivity index (χ0n) is 9.45. The number of nitrogens with one attached hydrogen (secondary N) is 1. The van der Waals surface area contributed by atoms with Crippen LogP contribution in [0.15, 0.2) is 18.2 Å². The van der Waals surface area contributed by atoms with Gasteiger partial charge in [0.15, 0.2) is 0 Å². The van der Waals surface area contributed by atoms with Gasteiger partial charge in [-0.05, 0) is 12.1 Å². The van der Waals surface area contributed by atoms with Crippen molar-refractivity contribution < 1.29 is 14.2 Å². The number of methoxy groups -OCH3 is 2. The third-order valence-electron chi connectivity index (χ3n) is 1.98. The third kappa shape index (κ3) is 3.43. The summed E-state index contributed by atoms with van der Waals surface area (Å²) in [5.41, 5.74) is 5.98. The van der Waals surface area contributed by atoms with Gasteiger partial charge in [-0.3, -0.25) is 5.41 Å². The summed E-state index contributed by atoms with van der Waals surface area (Å²) in [5.74, 6) is 1.21. The van der Waals surface area contributed by atoms with Crippen molar-refractivity contribution >= 4 is 5.84 Å². The van der Waals surface area contributed by atoms with E-state index in [0.717, 1.165) is 0 Å². The number of hydrogen-bond donors (Lipinski definition) is 2. The summed E-state index contributed by atoms with van der Waals surface area (Å²) in [6.07, 6.45) is 0. The fourth-order valence-corrected chi connectivity index (χ4v) is 1.17. The van der Waals surface area contributed by atoms with Gasteiger partial charge in [-0.1, -0.05) is 0 Å². The molecule has 88 valence electrons. The van der Waals surface area contributed by atoms with E-state index < -0.39 is 0 Å². The van der Waals surface area contributed by atoms with Crippen LogP contribution in [-0.2, 0) is 4.74 Å². The lowest BCUT2D eigenvalue weighted by atomic mass is 10.2. The second kappa shape index (κ2) is 5.97. The third-order valence-corrected chi connectivity index (χ3v) is 1.98. The zero-order chi connectivity index (χ0) is 12.0. The smallest absolute Gasteiger partial charge is 0.123 e. The van der Waals surface area contributed by atoms with E-state index in [1.807, 2.05) is 0 Å². The van der Waals surface area contributed by atoms with E-state index >= 15 is 0 Å². The van der Waals surface area contributed by atoms with Crippen LogP contribution < -0.4 is 15.2 Å². The van der Waals surface area contributed by atoms with Crippen LogP contribution in [0.1, 0.15) is 5.56 Å². The minimum atomic E-state index is -0.0181. The van der Waals surface area contributed by atoms with Gasteiger partial charge in [0, 0.05) is 18.7 Å². The first-order chi connectivity index (χ1) is 7.67. The van der Waals surface area contributed by atoms with Gasteiger partial charge in [0.1, 0.15) is 23.9 Å². The van der Waals surface area contributed by atoms with Gasteiger partial charge < -0.3 is 19.9 Å². The Labute approximate surface area is 94.6 Å². The van der Waals surface area contributed by atoms with Crippen LogP contribution in [-0.4, -0.2) is 33.3 Å². The highest BCUT2D eigenvalue weighted by Gasteiger charge is 2.04. The first kappa shape index (κ1) is 12.3. The number of ether oxygens (including phenoxy) is 3. The topological polar surface area (TPSA) is 77.6 Å². The quantitative estimate of drug-likeness (QED) is 0.429. The lowest BCUT2D eigenvalue weighted by Crippen LogP contribution is -2.12. The van der Waals surface area contributed by atoms with E-state index in [-0.39, 0.29) is 5.84 Å². The van der Waals surface area contributed by atoms with Crippen molar-refractivity contribution in [1.29, 1.82) is 5.41 Å². The molecule has 0 unspecified atom stereocenters. The molecule has 0 aromatic heterocycles. The van der Waals surface area contributed by atoms with Crippen LogP contribution in [0.25, 0.3) is 0 Å². The summed E-state index contributed by atoms with van der Waals surface area (Å²) >= 11 is 0. The van der Waals surface area contributed by atoms with Crippen molar-refractivity contribution in [2.24, 2.45) is 5.73 Å². The highest BCUT2D eigenvalue weighted by Crippen LogP contribution is 2.22. The van der Waals surface area contributed by atoms with Crippen LogP contribution in [0.2, 0.25) is 0 Å². The van der Waals surface area contributed by atoms with Gasteiger partial charge in [0.05, 0.1) is 13.7 Å². The summed E-state index contributed by atoms with van der Waals surface area (Å²) < 4.78 is 15.4. The predicted octanol–water partition coefficient (Wildman–Crippen LogP) is 1.00. The Morgan fingerprint density at radius 2 is 1.88 bits per heavy atom. The minimum absolute atomic E-state index is 0.0181. The van der Waals surface area contributed by atoms with E-state index in [9.17, 15) is 0 Å². The molecular weight excluding hydrogens is 208 g/mol. The van der Waals surface area contributed by atoms with E-state index in [2.05, 4.69) is 0 Å². The second-order valence-corrected chi connectivity index (χ2v) is 3.15. The van der Waals surface area contributed by atoms with E-state index in [4.69, 9.17) is 25.4 Å². The first-order valence-corrected chi connectivity index (χ1v) is 4.82. The Balaban J connectivity index is 2.82. The van der Waals surface area contributed by atoms with Crippen LogP contribution in [0, 0.1) is 5.41 Å². The van der Waals surface area contributed by atoms with Crippen molar-refractivity contribution in [3.8, 4) is 11.5 Å². The second-order valence-electron chi connectivity index (χ2n) is 3.15. The number of amidine groups is 1. The number of benzene rings is 1. The molecular formula is C11H16N2O3. The Morgan fingerprint density at radius 3 is 2.44 bits per heavy atom. The number of nitrogens with two attached hydrogens (primary N) is 1. The Bertz CT molecular complexity index is 366. The normalized spacial score (nSPS) is 9.88. The van der Waals surface area contributed by atoms with Crippen LogP contribution in [0.5, 0.6) is 11.5 Å². The van der Waals surface area contributed by atoms with Gasteiger partial charge in [0.2, 0.25) is 0 Å². The van der Waals surface area contributed by atoms with Gasteiger partial charge in [0.25, 0.3) is 0 Å². The van der Waals surface area contributed by atoms with E-state index in [0.29, 0.717) is 30.3 Å². The molecule has 0 fully saturated rings. The maximum Gasteiger partial charge on any atom is 0.123 e. The summed E-state index contributed by atoms with van der Waals surface area (Å²) in [7, 11) is 3.16. The lowest BCUT2D eigenvalue weighted by molar-refractivity contribution is 0.146. The molecule has 0 heterocycles. The van der Waals surface area contributed by atoms with E-state index in [1.54, 1.807) is 32.4 Å². The number of nitrogen functional groups attached to an aromatic ring is 1. The first-order valence-electron chi connectivity index (χ1n) is 4.82. The standard InChI is InChI=1S/C11H16N2O3/c1-14-3-4-16-10-6-8(11(12)13)5-9(7-10)15-2/h5-7H,3-4H2,1-2H3,(H3,12,13). The monoisotopic (exact) mass is 224 g/mol. The molecule has 0 aliphatic rings.